The SMILES string of the molecule is COc1cccc(-c2cc(C(=O)NCCCC3CCOC3)[nH]n2)c1. The number of aromatic nitrogens is 2. The molecule has 3 rings (SSSR count). The Balaban J connectivity index is 1.51. The Morgan fingerprint density at radius 2 is 2.38 bits per heavy atom. The van der Waals surface area contributed by atoms with E-state index < -0.39 is 0 Å². The van der Waals surface area contributed by atoms with E-state index in [4.69, 9.17) is 9.47 Å². The van der Waals surface area contributed by atoms with Crippen LogP contribution < -0.4 is 10.1 Å². The molecule has 6 nitrogen and oxygen atoms in total. The van der Waals surface area contributed by atoms with Crippen molar-refractivity contribution in [3.63, 3.8) is 0 Å². The highest BCUT2D eigenvalue weighted by molar-refractivity contribution is 5.93. The number of benzene rings is 1. The second-order valence-corrected chi connectivity index (χ2v) is 6.03. The maximum atomic E-state index is 12.2. The van der Waals surface area contributed by atoms with E-state index in [0.717, 1.165) is 49.5 Å². The number of nitrogens with one attached hydrogen (secondary N) is 2. The molecule has 1 aromatic heterocycles. The molecule has 1 saturated heterocycles. The number of H-pyrrole nitrogens is 1. The van der Waals surface area contributed by atoms with Gasteiger partial charge in [-0.2, -0.15) is 5.10 Å². The maximum absolute atomic E-state index is 12.2. The van der Waals surface area contributed by atoms with Crippen molar-refractivity contribution in [2.75, 3.05) is 26.9 Å². The molecule has 2 heterocycles. The quantitative estimate of drug-likeness (QED) is 0.766. The molecule has 6 heteroatoms. The van der Waals surface area contributed by atoms with Gasteiger partial charge in [0.1, 0.15) is 11.4 Å². The number of hydrogen-bond acceptors (Lipinski definition) is 4. The molecule has 128 valence electrons. The molecule has 1 aliphatic heterocycles. The summed E-state index contributed by atoms with van der Waals surface area (Å²) in [5, 5.41) is 9.95. The predicted molar refractivity (Wildman–Crippen MR) is 91.1 cm³/mol. The minimum absolute atomic E-state index is 0.126. The van der Waals surface area contributed by atoms with E-state index >= 15 is 0 Å². The van der Waals surface area contributed by atoms with Crippen LogP contribution in [0.3, 0.4) is 0 Å². The van der Waals surface area contributed by atoms with Crippen molar-refractivity contribution in [2.24, 2.45) is 5.92 Å². The van der Waals surface area contributed by atoms with Crippen LogP contribution in [0.5, 0.6) is 5.75 Å². The third-order valence-electron chi connectivity index (χ3n) is 4.29. The van der Waals surface area contributed by atoms with E-state index in [9.17, 15) is 4.79 Å². The predicted octanol–water partition coefficient (Wildman–Crippen LogP) is 2.63. The number of amides is 1. The summed E-state index contributed by atoms with van der Waals surface area (Å²) in [5.41, 5.74) is 2.10. The standard InChI is InChI=1S/C18H23N3O3/c1-23-15-6-2-5-14(10-15)16-11-17(21-20-16)18(22)19-8-3-4-13-7-9-24-12-13/h2,5-6,10-11,13H,3-4,7-9,12H2,1H3,(H,19,22)(H,20,21). The molecule has 0 radical (unpaired) electrons. The van der Waals surface area contributed by atoms with Gasteiger partial charge in [0.25, 0.3) is 5.91 Å². The molecule has 0 spiro atoms. The Kier molecular flexibility index (Phi) is 5.48. The van der Waals surface area contributed by atoms with Crippen molar-refractivity contribution in [3.05, 3.63) is 36.0 Å². The summed E-state index contributed by atoms with van der Waals surface area (Å²) in [4.78, 5) is 12.2. The van der Waals surface area contributed by atoms with Crippen molar-refractivity contribution in [3.8, 4) is 17.0 Å². The number of methoxy groups -OCH3 is 1. The summed E-state index contributed by atoms with van der Waals surface area (Å²) in [7, 11) is 1.63. The molecular weight excluding hydrogens is 306 g/mol. The van der Waals surface area contributed by atoms with Crippen LogP contribution >= 0.6 is 0 Å². The molecule has 2 N–H and O–H groups in total. The molecule has 1 atom stereocenters. The molecule has 1 aliphatic rings. The zero-order valence-electron chi connectivity index (χ0n) is 13.9. The smallest absolute Gasteiger partial charge is 0.269 e. The van der Waals surface area contributed by atoms with Gasteiger partial charge in [0.05, 0.1) is 12.8 Å². The summed E-state index contributed by atoms with van der Waals surface area (Å²) in [6.07, 6.45) is 3.20. The van der Waals surface area contributed by atoms with Gasteiger partial charge in [0, 0.05) is 25.3 Å². The van der Waals surface area contributed by atoms with Crippen molar-refractivity contribution in [2.45, 2.75) is 19.3 Å². The van der Waals surface area contributed by atoms with Crippen LogP contribution in [0.15, 0.2) is 30.3 Å². The number of carbonyl (C=O) groups excluding carboxylic acids is 1. The van der Waals surface area contributed by atoms with Crippen molar-refractivity contribution in [1.82, 2.24) is 15.5 Å². The molecule has 0 saturated carbocycles. The molecular formula is C18H23N3O3. The van der Waals surface area contributed by atoms with Crippen LogP contribution in [-0.2, 0) is 4.74 Å². The van der Waals surface area contributed by atoms with Gasteiger partial charge in [-0.05, 0) is 43.4 Å². The van der Waals surface area contributed by atoms with E-state index in [2.05, 4.69) is 15.5 Å². The van der Waals surface area contributed by atoms with E-state index in [1.165, 1.54) is 0 Å². The van der Waals surface area contributed by atoms with Crippen LogP contribution in [0.2, 0.25) is 0 Å². The minimum atomic E-state index is -0.126. The van der Waals surface area contributed by atoms with Gasteiger partial charge in [-0.3, -0.25) is 9.89 Å². The monoisotopic (exact) mass is 329 g/mol. The number of nitrogens with zero attached hydrogens (tertiary/aromatic N) is 1. The fourth-order valence-corrected chi connectivity index (χ4v) is 2.87. The Morgan fingerprint density at radius 3 is 3.17 bits per heavy atom. The third kappa shape index (κ3) is 4.14. The van der Waals surface area contributed by atoms with E-state index in [0.29, 0.717) is 18.2 Å². The molecule has 2 aromatic rings. The number of hydrogen-bond donors (Lipinski definition) is 2. The van der Waals surface area contributed by atoms with E-state index in [1.54, 1.807) is 13.2 Å². The average Bonchev–Trinajstić information content (AvgIpc) is 3.30. The lowest BCUT2D eigenvalue weighted by atomic mass is 10.0. The van der Waals surface area contributed by atoms with Crippen LogP contribution in [0.4, 0.5) is 0 Å². The molecule has 1 fully saturated rings. The zero-order chi connectivity index (χ0) is 16.8. The number of aromatic amines is 1. The molecule has 1 aromatic carbocycles. The van der Waals surface area contributed by atoms with Crippen LogP contribution in [-0.4, -0.2) is 43.0 Å². The number of rotatable bonds is 7. The highest BCUT2D eigenvalue weighted by Gasteiger charge is 2.15. The molecule has 1 unspecified atom stereocenters. The summed E-state index contributed by atoms with van der Waals surface area (Å²) >= 11 is 0. The summed E-state index contributed by atoms with van der Waals surface area (Å²) in [6.45, 7) is 2.40. The first kappa shape index (κ1) is 16.5. The molecule has 24 heavy (non-hydrogen) atoms. The first-order chi connectivity index (χ1) is 11.8. The number of ether oxygens (including phenoxy) is 2. The summed E-state index contributed by atoms with van der Waals surface area (Å²) < 4.78 is 10.6. The minimum Gasteiger partial charge on any atom is -0.497 e. The van der Waals surface area contributed by atoms with E-state index in [-0.39, 0.29) is 5.91 Å². The second-order valence-electron chi connectivity index (χ2n) is 6.03. The van der Waals surface area contributed by atoms with E-state index in [1.807, 2.05) is 24.3 Å². The van der Waals surface area contributed by atoms with Gasteiger partial charge >= 0.3 is 0 Å². The lowest BCUT2D eigenvalue weighted by Gasteiger charge is -2.07. The van der Waals surface area contributed by atoms with Gasteiger partial charge < -0.3 is 14.8 Å². The summed E-state index contributed by atoms with van der Waals surface area (Å²) in [6, 6.07) is 9.36. The van der Waals surface area contributed by atoms with Crippen LogP contribution in [0.25, 0.3) is 11.3 Å². The van der Waals surface area contributed by atoms with Crippen LogP contribution in [0.1, 0.15) is 29.8 Å². The Bertz CT molecular complexity index is 678. The maximum Gasteiger partial charge on any atom is 0.269 e. The van der Waals surface area contributed by atoms with Crippen molar-refractivity contribution in [1.29, 1.82) is 0 Å². The Labute approximate surface area is 141 Å². The Morgan fingerprint density at radius 1 is 1.46 bits per heavy atom. The highest BCUT2D eigenvalue weighted by atomic mass is 16.5. The first-order valence-corrected chi connectivity index (χ1v) is 8.32. The van der Waals surface area contributed by atoms with Gasteiger partial charge in [0.15, 0.2) is 0 Å². The van der Waals surface area contributed by atoms with Crippen molar-refractivity contribution >= 4 is 5.91 Å². The average molecular weight is 329 g/mol. The molecule has 0 aliphatic carbocycles. The lowest BCUT2D eigenvalue weighted by Crippen LogP contribution is -2.25. The topological polar surface area (TPSA) is 76.2 Å². The zero-order valence-corrected chi connectivity index (χ0v) is 13.9. The fraction of sp³-hybridized carbons (Fsp3) is 0.444. The van der Waals surface area contributed by atoms with Crippen molar-refractivity contribution < 1.29 is 14.3 Å². The third-order valence-corrected chi connectivity index (χ3v) is 4.29. The fourth-order valence-electron chi connectivity index (χ4n) is 2.87. The Hall–Kier alpha value is -2.34. The number of carbonyl (C=O) groups is 1. The lowest BCUT2D eigenvalue weighted by molar-refractivity contribution is 0.0947. The van der Waals surface area contributed by atoms with Gasteiger partial charge in [-0.1, -0.05) is 12.1 Å². The molecule has 0 bridgehead atoms. The first-order valence-electron chi connectivity index (χ1n) is 8.32. The highest BCUT2D eigenvalue weighted by Crippen LogP contribution is 2.22. The normalized spacial score (nSPS) is 17.0. The van der Waals surface area contributed by atoms with Gasteiger partial charge in [-0.25, -0.2) is 0 Å². The largest absolute Gasteiger partial charge is 0.497 e. The summed E-state index contributed by atoms with van der Waals surface area (Å²) in [5.74, 6) is 1.28. The molecule has 1 amide bonds. The van der Waals surface area contributed by atoms with Crippen LogP contribution in [0, 0.1) is 5.92 Å². The second kappa shape index (κ2) is 7.97. The van der Waals surface area contributed by atoms with Gasteiger partial charge in [0.2, 0.25) is 0 Å². The van der Waals surface area contributed by atoms with Gasteiger partial charge in [-0.15, -0.1) is 0 Å².